The molecule has 1 aromatic heterocycles. The Morgan fingerprint density at radius 2 is 1.79 bits per heavy atom. The molecule has 5 rings (SSSR count). The van der Waals surface area contributed by atoms with Gasteiger partial charge in [-0.2, -0.15) is 0 Å². The number of aromatic nitrogens is 1. The summed E-state index contributed by atoms with van der Waals surface area (Å²) >= 11 is 0. The summed E-state index contributed by atoms with van der Waals surface area (Å²) in [5, 5.41) is 11.9. The second-order valence-corrected chi connectivity index (χ2v) is 10.6. The lowest BCUT2D eigenvalue weighted by Crippen LogP contribution is -2.35. The van der Waals surface area contributed by atoms with Gasteiger partial charge in [0, 0.05) is 41.8 Å². The summed E-state index contributed by atoms with van der Waals surface area (Å²) in [5.74, 6) is 0.744. The van der Waals surface area contributed by atoms with Crippen LogP contribution in [-0.4, -0.2) is 47.7 Å². The van der Waals surface area contributed by atoms with Crippen molar-refractivity contribution < 1.29 is 9.53 Å². The third kappa shape index (κ3) is 6.05. The molecule has 2 aliphatic rings. The van der Waals surface area contributed by atoms with Crippen molar-refractivity contribution in [2.45, 2.75) is 50.5 Å². The van der Waals surface area contributed by atoms with Gasteiger partial charge in [-0.3, -0.25) is 15.2 Å². The fourth-order valence-corrected chi connectivity index (χ4v) is 5.66. The van der Waals surface area contributed by atoms with Gasteiger partial charge in [0.25, 0.3) is 0 Å². The number of nitrogens with zero attached hydrogens (tertiary/aromatic N) is 2. The van der Waals surface area contributed by atoms with E-state index in [-0.39, 0.29) is 23.8 Å². The summed E-state index contributed by atoms with van der Waals surface area (Å²) in [6.45, 7) is 2.09. The largest absolute Gasteiger partial charge is 0.490 e. The van der Waals surface area contributed by atoms with Gasteiger partial charge in [-0.25, -0.2) is 0 Å². The van der Waals surface area contributed by atoms with E-state index in [0.717, 1.165) is 68.6 Å². The minimum absolute atomic E-state index is 0.0618. The Kier molecular flexibility index (Phi) is 8.03. The summed E-state index contributed by atoms with van der Waals surface area (Å²) in [7, 11) is 2.14. The van der Waals surface area contributed by atoms with Crippen molar-refractivity contribution in [3.63, 3.8) is 0 Å². The van der Waals surface area contributed by atoms with Crippen LogP contribution in [-0.2, 0) is 4.79 Å². The van der Waals surface area contributed by atoms with Gasteiger partial charge < -0.3 is 20.7 Å². The van der Waals surface area contributed by atoms with E-state index in [1.165, 1.54) is 0 Å². The monoisotopic (exact) mass is 511 g/mol. The smallest absolute Gasteiger partial charge is 0.233 e. The lowest BCUT2D eigenvalue weighted by atomic mass is 9.86. The van der Waals surface area contributed by atoms with Crippen LogP contribution in [0.3, 0.4) is 0 Å². The van der Waals surface area contributed by atoms with E-state index in [4.69, 9.17) is 15.9 Å². The molecule has 2 fully saturated rings. The summed E-state index contributed by atoms with van der Waals surface area (Å²) < 4.78 is 6.16. The number of likely N-dealkylation sites (tertiary alicyclic amines) is 1. The standard InChI is InChI=1S/C31H37N5O2/c1-36-18-15-25(16-19-36)38-24-12-9-22(10-13-24)30(33)26-20-23(11-14-27(26)32)35-31(37)29(21-6-2-3-7-21)28-8-4-5-17-34-28/h4-5,8-14,17,20-21,25,29,33H,2-3,6-7,15-16,18-19,32H2,1H3,(H,35,37). The number of hydrogen-bond acceptors (Lipinski definition) is 6. The molecule has 2 heterocycles. The number of carbonyl (C=O) groups excluding carboxylic acids is 1. The highest BCUT2D eigenvalue weighted by Gasteiger charge is 2.33. The predicted molar refractivity (Wildman–Crippen MR) is 152 cm³/mol. The van der Waals surface area contributed by atoms with Crippen molar-refractivity contribution in [1.29, 1.82) is 5.41 Å². The summed E-state index contributed by atoms with van der Waals surface area (Å²) in [5.41, 5.74) is 9.85. The molecule has 1 amide bonds. The van der Waals surface area contributed by atoms with Gasteiger partial charge >= 0.3 is 0 Å². The zero-order valence-electron chi connectivity index (χ0n) is 22.0. The normalized spacial score (nSPS) is 17.7. The number of rotatable bonds is 8. The molecule has 1 atom stereocenters. The van der Waals surface area contributed by atoms with Gasteiger partial charge in [-0.05, 0) is 93.2 Å². The minimum Gasteiger partial charge on any atom is -0.490 e. The molecule has 38 heavy (non-hydrogen) atoms. The number of benzene rings is 2. The van der Waals surface area contributed by atoms with E-state index in [9.17, 15) is 4.79 Å². The van der Waals surface area contributed by atoms with Gasteiger partial charge in [-0.15, -0.1) is 0 Å². The van der Waals surface area contributed by atoms with Crippen LogP contribution in [0.1, 0.15) is 61.3 Å². The SMILES string of the molecule is CN1CCC(Oc2ccc(C(=N)c3cc(NC(=O)C(c4ccccn4)C4CCCC4)ccc3N)cc2)CC1. The molecule has 1 saturated carbocycles. The van der Waals surface area contributed by atoms with Gasteiger partial charge in [0.05, 0.1) is 17.3 Å². The molecule has 2 aromatic carbocycles. The molecule has 1 aliphatic carbocycles. The third-order valence-corrected chi connectivity index (χ3v) is 7.86. The number of nitrogens with two attached hydrogens (primary N) is 1. The summed E-state index contributed by atoms with van der Waals surface area (Å²) in [4.78, 5) is 20.3. The van der Waals surface area contributed by atoms with Gasteiger partial charge in [0.1, 0.15) is 11.9 Å². The summed E-state index contributed by atoms with van der Waals surface area (Å²) in [6.07, 6.45) is 8.37. The molecule has 1 unspecified atom stereocenters. The van der Waals surface area contributed by atoms with Gasteiger partial charge in [-0.1, -0.05) is 18.9 Å². The predicted octanol–water partition coefficient (Wildman–Crippen LogP) is 5.47. The first kappa shape index (κ1) is 25.9. The van der Waals surface area contributed by atoms with Crippen molar-refractivity contribution in [2.24, 2.45) is 5.92 Å². The number of pyridine rings is 1. The molecule has 3 aromatic rings. The van der Waals surface area contributed by atoms with Crippen LogP contribution in [0.25, 0.3) is 0 Å². The zero-order chi connectivity index (χ0) is 26.5. The Morgan fingerprint density at radius 3 is 2.47 bits per heavy atom. The first-order valence-corrected chi connectivity index (χ1v) is 13.6. The molecule has 4 N–H and O–H groups in total. The molecule has 0 radical (unpaired) electrons. The van der Waals surface area contributed by atoms with E-state index in [0.29, 0.717) is 22.6 Å². The molecule has 0 spiro atoms. The quantitative estimate of drug-likeness (QED) is 0.275. The highest BCUT2D eigenvalue weighted by molar-refractivity contribution is 6.14. The third-order valence-electron chi connectivity index (χ3n) is 7.86. The number of nitrogens with one attached hydrogen (secondary N) is 2. The fourth-order valence-electron chi connectivity index (χ4n) is 5.66. The van der Waals surface area contributed by atoms with Crippen molar-refractivity contribution in [3.05, 3.63) is 83.7 Å². The Hall–Kier alpha value is -3.71. The van der Waals surface area contributed by atoms with Crippen molar-refractivity contribution in [2.75, 3.05) is 31.2 Å². The first-order valence-electron chi connectivity index (χ1n) is 13.6. The number of amides is 1. The molecule has 7 nitrogen and oxygen atoms in total. The topological polar surface area (TPSA) is 104 Å². The Morgan fingerprint density at radius 1 is 1.05 bits per heavy atom. The lowest BCUT2D eigenvalue weighted by Gasteiger charge is -2.29. The molecule has 198 valence electrons. The van der Waals surface area contributed by atoms with Crippen LogP contribution >= 0.6 is 0 Å². The second-order valence-electron chi connectivity index (χ2n) is 10.6. The highest BCUT2D eigenvalue weighted by Crippen LogP contribution is 2.37. The zero-order valence-corrected chi connectivity index (χ0v) is 22.0. The van der Waals surface area contributed by atoms with Crippen LogP contribution in [0.2, 0.25) is 0 Å². The number of ether oxygens (including phenoxy) is 1. The maximum atomic E-state index is 13.5. The first-order chi connectivity index (χ1) is 18.5. The number of hydrogen-bond donors (Lipinski definition) is 3. The van der Waals surface area contributed by atoms with Crippen molar-refractivity contribution >= 4 is 23.0 Å². The minimum atomic E-state index is -0.295. The Labute approximate surface area is 224 Å². The van der Waals surface area contributed by atoms with Crippen molar-refractivity contribution in [1.82, 2.24) is 9.88 Å². The molecule has 7 heteroatoms. The van der Waals surface area contributed by atoms with E-state index in [2.05, 4.69) is 22.2 Å². The maximum absolute atomic E-state index is 13.5. The van der Waals surface area contributed by atoms with E-state index < -0.39 is 0 Å². The Bertz CT molecular complexity index is 1250. The van der Waals surface area contributed by atoms with Gasteiger partial charge in [0.2, 0.25) is 5.91 Å². The molecular formula is C31H37N5O2. The van der Waals surface area contributed by atoms with Crippen LogP contribution in [0.15, 0.2) is 66.9 Å². The second kappa shape index (κ2) is 11.8. The van der Waals surface area contributed by atoms with Crippen LogP contribution in [0.5, 0.6) is 5.75 Å². The number of piperidine rings is 1. The van der Waals surface area contributed by atoms with E-state index in [1.54, 1.807) is 24.4 Å². The average molecular weight is 512 g/mol. The number of nitrogen functional groups attached to an aromatic ring is 1. The number of carbonyl (C=O) groups is 1. The lowest BCUT2D eigenvalue weighted by molar-refractivity contribution is -0.118. The maximum Gasteiger partial charge on any atom is 0.233 e. The Balaban J connectivity index is 1.29. The van der Waals surface area contributed by atoms with Crippen molar-refractivity contribution in [3.8, 4) is 5.75 Å². The van der Waals surface area contributed by atoms with Crippen LogP contribution in [0.4, 0.5) is 11.4 Å². The molecule has 1 saturated heterocycles. The average Bonchev–Trinajstić information content (AvgIpc) is 3.46. The summed E-state index contributed by atoms with van der Waals surface area (Å²) in [6, 6.07) is 18.7. The molecule has 1 aliphatic heterocycles. The van der Waals surface area contributed by atoms with Crippen LogP contribution in [0, 0.1) is 11.3 Å². The highest BCUT2D eigenvalue weighted by atomic mass is 16.5. The van der Waals surface area contributed by atoms with E-state index >= 15 is 0 Å². The van der Waals surface area contributed by atoms with Crippen LogP contribution < -0.4 is 15.8 Å². The van der Waals surface area contributed by atoms with E-state index in [1.807, 2.05) is 42.5 Å². The van der Waals surface area contributed by atoms with Gasteiger partial charge in [0.15, 0.2) is 0 Å². The fraction of sp³-hybridized carbons (Fsp3) is 0.387. The number of anilines is 2. The molecule has 0 bridgehead atoms. The molecular weight excluding hydrogens is 474 g/mol.